The summed E-state index contributed by atoms with van der Waals surface area (Å²) in [7, 11) is -0.551. The molecule has 0 radical (unpaired) electrons. The van der Waals surface area contributed by atoms with Crippen LogP contribution >= 0.6 is 15.9 Å². The summed E-state index contributed by atoms with van der Waals surface area (Å²) in [6.45, 7) is 1.56. The van der Waals surface area contributed by atoms with Gasteiger partial charge in [0.15, 0.2) is 6.61 Å². The molecule has 0 heterocycles. The number of anilines is 1. The van der Waals surface area contributed by atoms with Crippen LogP contribution in [-0.4, -0.2) is 39.3 Å². The number of carbonyl (C=O) groups is 1. The molecule has 0 aromatic heterocycles. The highest BCUT2D eigenvalue weighted by Gasteiger charge is 2.18. The molecule has 0 unspecified atom stereocenters. The predicted molar refractivity (Wildman–Crippen MR) is 100 cm³/mol. The summed E-state index contributed by atoms with van der Waals surface area (Å²) in [5.41, 5.74) is 1.30. The molecule has 0 saturated carbocycles. The maximum absolute atomic E-state index is 12.1. The lowest BCUT2D eigenvalue weighted by atomic mass is 10.2. The van der Waals surface area contributed by atoms with Crippen LogP contribution in [0.15, 0.2) is 51.8 Å². The second-order valence-corrected chi connectivity index (χ2v) is 8.63. The number of nitrogens with zero attached hydrogens (tertiary/aromatic N) is 1. The SMILES string of the molecule is Cc1cc(S(=O)(=O)N(C)C)ccc1OCC(=O)Nc1cccc(Br)c1. The van der Waals surface area contributed by atoms with Gasteiger partial charge in [-0.1, -0.05) is 22.0 Å². The molecule has 2 aromatic rings. The van der Waals surface area contributed by atoms with Crippen LogP contribution in [0.2, 0.25) is 0 Å². The molecule has 0 spiro atoms. The third kappa shape index (κ3) is 5.04. The first-order chi connectivity index (χ1) is 11.7. The Bertz CT molecular complexity index is 882. The summed E-state index contributed by atoms with van der Waals surface area (Å²) in [5, 5.41) is 2.73. The predicted octanol–water partition coefficient (Wildman–Crippen LogP) is 3.03. The van der Waals surface area contributed by atoms with E-state index in [0.717, 1.165) is 8.78 Å². The first kappa shape index (κ1) is 19.4. The fraction of sp³-hybridized carbons (Fsp3) is 0.235. The van der Waals surface area contributed by atoms with E-state index in [1.807, 2.05) is 12.1 Å². The molecule has 0 atom stereocenters. The van der Waals surface area contributed by atoms with E-state index in [-0.39, 0.29) is 17.4 Å². The van der Waals surface area contributed by atoms with Crippen LogP contribution in [0, 0.1) is 6.92 Å². The molecule has 6 nitrogen and oxygen atoms in total. The lowest BCUT2D eigenvalue weighted by Crippen LogP contribution is -2.22. The van der Waals surface area contributed by atoms with E-state index in [2.05, 4.69) is 21.2 Å². The molecule has 0 saturated heterocycles. The van der Waals surface area contributed by atoms with Crippen molar-refractivity contribution in [1.29, 1.82) is 0 Å². The lowest BCUT2D eigenvalue weighted by molar-refractivity contribution is -0.118. The van der Waals surface area contributed by atoms with E-state index in [4.69, 9.17) is 4.74 Å². The fourth-order valence-corrected chi connectivity index (χ4v) is 3.45. The summed E-state index contributed by atoms with van der Waals surface area (Å²) in [5.74, 6) is 0.157. The summed E-state index contributed by atoms with van der Waals surface area (Å²) in [4.78, 5) is 12.2. The van der Waals surface area contributed by atoms with Gasteiger partial charge in [0.25, 0.3) is 5.91 Å². The Labute approximate surface area is 156 Å². The van der Waals surface area contributed by atoms with Gasteiger partial charge in [0.05, 0.1) is 4.90 Å². The van der Waals surface area contributed by atoms with Crippen molar-refractivity contribution >= 4 is 37.5 Å². The Morgan fingerprint density at radius 3 is 2.52 bits per heavy atom. The highest BCUT2D eigenvalue weighted by Crippen LogP contribution is 2.23. The Kier molecular flexibility index (Phi) is 6.21. The number of sulfonamides is 1. The normalized spacial score (nSPS) is 11.4. The Morgan fingerprint density at radius 2 is 1.92 bits per heavy atom. The van der Waals surface area contributed by atoms with Crippen molar-refractivity contribution in [1.82, 2.24) is 4.31 Å². The quantitative estimate of drug-likeness (QED) is 0.769. The highest BCUT2D eigenvalue weighted by atomic mass is 79.9. The number of amides is 1. The average Bonchev–Trinajstić information content (AvgIpc) is 2.53. The first-order valence-electron chi connectivity index (χ1n) is 7.41. The van der Waals surface area contributed by atoms with Crippen LogP contribution in [0.25, 0.3) is 0 Å². The molecule has 0 aliphatic heterocycles. The minimum atomic E-state index is -3.50. The fourth-order valence-electron chi connectivity index (χ4n) is 2.06. The van der Waals surface area contributed by atoms with Crippen molar-refractivity contribution in [2.45, 2.75) is 11.8 Å². The van der Waals surface area contributed by atoms with Gasteiger partial charge in [0.1, 0.15) is 5.75 Å². The first-order valence-corrected chi connectivity index (χ1v) is 9.65. The summed E-state index contributed by atoms with van der Waals surface area (Å²) >= 11 is 3.34. The number of benzene rings is 2. The van der Waals surface area contributed by atoms with Crippen LogP contribution in [-0.2, 0) is 14.8 Å². The molecule has 0 fully saturated rings. The van der Waals surface area contributed by atoms with Crippen molar-refractivity contribution < 1.29 is 17.9 Å². The second-order valence-electron chi connectivity index (χ2n) is 5.56. The molecule has 0 aliphatic carbocycles. The molecular formula is C17H19BrN2O4S. The third-order valence-corrected chi connectivity index (χ3v) is 5.70. The van der Waals surface area contributed by atoms with Crippen molar-refractivity contribution in [2.24, 2.45) is 0 Å². The summed E-state index contributed by atoms with van der Waals surface area (Å²) < 4.78 is 31.7. The van der Waals surface area contributed by atoms with E-state index in [1.165, 1.54) is 26.2 Å². The van der Waals surface area contributed by atoms with Crippen LogP contribution in [0.5, 0.6) is 5.75 Å². The molecule has 25 heavy (non-hydrogen) atoms. The summed E-state index contributed by atoms with van der Waals surface area (Å²) in [6.07, 6.45) is 0. The van der Waals surface area contributed by atoms with Gasteiger partial charge in [-0.15, -0.1) is 0 Å². The van der Waals surface area contributed by atoms with Crippen LogP contribution in [0.4, 0.5) is 5.69 Å². The minimum absolute atomic E-state index is 0.173. The van der Waals surface area contributed by atoms with Gasteiger partial charge in [0, 0.05) is 24.3 Å². The number of halogens is 1. The number of hydrogen-bond acceptors (Lipinski definition) is 4. The Balaban J connectivity index is 2.02. The largest absolute Gasteiger partial charge is 0.483 e. The number of nitrogens with one attached hydrogen (secondary N) is 1. The standard InChI is InChI=1S/C17H19BrN2O4S/c1-12-9-15(25(22,23)20(2)3)7-8-16(12)24-11-17(21)19-14-6-4-5-13(18)10-14/h4-10H,11H2,1-3H3,(H,19,21). The maximum Gasteiger partial charge on any atom is 0.262 e. The number of aryl methyl sites for hydroxylation is 1. The topological polar surface area (TPSA) is 75.7 Å². The van der Waals surface area contributed by atoms with Crippen molar-refractivity contribution in [3.63, 3.8) is 0 Å². The van der Waals surface area contributed by atoms with E-state index in [9.17, 15) is 13.2 Å². The zero-order valence-corrected chi connectivity index (χ0v) is 16.5. The van der Waals surface area contributed by atoms with Crippen LogP contribution < -0.4 is 10.1 Å². The summed E-state index contributed by atoms with van der Waals surface area (Å²) in [6, 6.07) is 11.8. The van der Waals surface area contributed by atoms with E-state index >= 15 is 0 Å². The zero-order chi connectivity index (χ0) is 18.6. The minimum Gasteiger partial charge on any atom is -0.483 e. The molecule has 0 bridgehead atoms. The number of ether oxygens (including phenoxy) is 1. The molecule has 0 aliphatic rings. The van der Waals surface area contributed by atoms with Gasteiger partial charge in [-0.05, 0) is 48.9 Å². The number of carbonyl (C=O) groups excluding carboxylic acids is 1. The number of hydrogen-bond donors (Lipinski definition) is 1. The lowest BCUT2D eigenvalue weighted by Gasteiger charge is -2.14. The van der Waals surface area contributed by atoms with Gasteiger partial charge in [-0.3, -0.25) is 4.79 Å². The van der Waals surface area contributed by atoms with Gasteiger partial charge in [-0.25, -0.2) is 12.7 Å². The molecule has 2 aromatic carbocycles. The second kappa shape index (κ2) is 7.99. The van der Waals surface area contributed by atoms with E-state index < -0.39 is 10.0 Å². The maximum atomic E-state index is 12.1. The monoisotopic (exact) mass is 426 g/mol. The van der Waals surface area contributed by atoms with Crippen LogP contribution in [0.1, 0.15) is 5.56 Å². The van der Waals surface area contributed by atoms with Crippen LogP contribution in [0.3, 0.4) is 0 Å². The smallest absolute Gasteiger partial charge is 0.262 e. The Morgan fingerprint density at radius 1 is 1.20 bits per heavy atom. The zero-order valence-electron chi connectivity index (χ0n) is 14.1. The number of rotatable bonds is 6. The van der Waals surface area contributed by atoms with Gasteiger partial charge < -0.3 is 10.1 Å². The Hall–Kier alpha value is -1.90. The van der Waals surface area contributed by atoms with E-state index in [1.54, 1.807) is 25.1 Å². The third-order valence-electron chi connectivity index (χ3n) is 3.39. The van der Waals surface area contributed by atoms with E-state index in [0.29, 0.717) is 17.0 Å². The van der Waals surface area contributed by atoms with Crippen molar-refractivity contribution in [2.75, 3.05) is 26.0 Å². The van der Waals surface area contributed by atoms with Gasteiger partial charge in [-0.2, -0.15) is 0 Å². The van der Waals surface area contributed by atoms with Gasteiger partial charge >= 0.3 is 0 Å². The van der Waals surface area contributed by atoms with Gasteiger partial charge in [0.2, 0.25) is 10.0 Å². The highest BCUT2D eigenvalue weighted by molar-refractivity contribution is 9.10. The van der Waals surface area contributed by atoms with Crippen molar-refractivity contribution in [3.8, 4) is 5.75 Å². The van der Waals surface area contributed by atoms with Crippen molar-refractivity contribution in [3.05, 3.63) is 52.5 Å². The molecule has 8 heteroatoms. The average molecular weight is 427 g/mol. The molecule has 1 amide bonds. The molecule has 2 rings (SSSR count). The molecular weight excluding hydrogens is 408 g/mol. The molecule has 1 N–H and O–H groups in total. The molecule has 134 valence electrons.